The number of hydrogen-bond acceptors (Lipinski definition) is 4. The normalized spacial score (nSPS) is 18.6. The van der Waals surface area contributed by atoms with E-state index in [1.54, 1.807) is 7.11 Å². The van der Waals surface area contributed by atoms with E-state index in [0.29, 0.717) is 12.5 Å². The highest BCUT2D eigenvalue weighted by Gasteiger charge is 2.21. The van der Waals surface area contributed by atoms with Crippen LogP contribution in [0.5, 0.6) is 5.75 Å². The maximum atomic E-state index is 5.92. The second-order valence-corrected chi connectivity index (χ2v) is 8.05. The highest BCUT2D eigenvalue weighted by atomic mass is 79.9. The third-order valence-corrected chi connectivity index (χ3v) is 4.94. The molecule has 6 nitrogen and oxygen atoms in total. The summed E-state index contributed by atoms with van der Waals surface area (Å²) in [6.07, 6.45) is 0.191. The van der Waals surface area contributed by atoms with Crippen molar-refractivity contribution < 1.29 is 9.47 Å². The number of halogens is 1. The molecule has 7 heteroatoms. The summed E-state index contributed by atoms with van der Waals surface area (Å²) in [5.41, 5.74) is 1.12. The van der Waals surface area contributed by atoms with E-state index < -0.39 is 0 Å². The van der Waals surface area contributed by atoms with Gasteiger partial charge in [-0.3, -0.25) is 4.90 Å². The maximum absolute atomic E-state index is 5.92. The predicted molar refractivity (Wildman–Crippen MR) is 115 cm³/mol. The van der Waals surface area contributed by atoms with E-state index in [9.17, 15) is 0 Å². The van der Waals surface area contributed by atoms with Crippen LogP contribution < -0.4 is 15.4 Å². The number of nitrogens with zero attached hydrogens (tertiary/aromatic N) is 2. The summed E-state index contributed by atoms with van der Waals surface area (Å²) in [6, 6.07) is 6.03. The van der Waals surface area contributed by atoms with E-state index >= 15 is 0 Å². The van der Waals surface area contributed by atoms with Crippen LogP contribution in [0.1, 0.15) is 26.3 Å². The third-order valence-electron chi connectivity index (χ3n) is 4.32. The summed E-state index contributed by atoms with van der Waals surface area (Å²) >= 11 is 3.52. The molecule has 152 valence electrons. The molecule has 1 unspecified atom stereocenters. The van der Waals surface area contributed by atoms with Gasteiger partial charge in [0.15, 0.2) is 5.96 Å². The first-order valence-corrected chi connectivity index (χ1v) is 10.5. The molecule has 0 aromatic heterocycles. The maximum Gasteiger partial charge on any atom is 0.191 e. The minimum atomic E-state index is 0.191. The zero-order valence-corrected chi connectivity index (χ0v) is 18.5. The number of aliphatic imine (C=N–C) groups is 1. The second-order valence-electron chi connectivity index (χ2n) is 7.19. The monoisotopic (exact) mass is 440 g/mol. The standard InChI is InChI=1S/C20H33BrN4O2/c1-5-22-20(23-11-16-6-7-19(26-4)18(21)10-16)24-12-17-14-25(8-9-27-17)13-15(2)3/h6-7,10,15,17H,5,8-9,11-14H2,1-4H3,(H2,22,23,24). The van der Waals surface area contributed by atoms with Crippen molar-refractivity contribution in [2.45, 2.75) is 33.4 Å². The molecule has 1 aromatic carbocycles. The van der Waals surface area contributed by atoms with E-state index in [1.165, 1.54) is 0 Å². The molecule has 0 bridgehead atoms. The van der Waals surface area contributed by atoms with Gasteiger partial charge in [0, 0.05) is 32.7 Å². The first-order chi connectivity index (χ1) is 13.0. The third kappa shape index (κ3) is 7.68. The van der Waals surface area contributed by atoms with Crippen molar-refractivity contribution in [2.75, 3.05) is 46.4 Å². The van der Waals surface area contributed by atoms with Gasteiger partial charge in [-0.15, -0.1) is 0 Å². The number of rotatable bonds is 8. The minimum Gasteiger partial charge on any atom is -0.496 e. The molecular weight excluding hydrogens is 408 g/mol. The molecule has 2 N–H and O–H groups in total. The van der Waals surface area contributed by atoms with E-state index in [0.717, 1.165) is 61.1 Å². The Morgan fingerprint density at radius 1 is 1.41 bits per heavy atom. The molecule has 0 saturated carbocycles. The highest BCUT2D eigenvalue weighted by molar-refractivity contribution is 9.10. The SMILES string of the molecule is CCNC(=NCc1ccc(OC)c(Br)c1)NCC1CN(CC(C)C)CCO1. The summed E-state index contributed by atoms with van der Waals surface area (Å²) in [4.78, 5) is 7.18. The van der Waals surface area contributed by atoms with E-state index in [1.807, 2.05) is 18.2 Å². The molecule has 1 heterocycles. The van der Waals surface area contributed by atoms with Crippen LogP contribution in [0.2, 0.25) is 0 Å². The largest absolute Gasteiger partial charge is 0.496 e. The second kappa shape index (κ2) is 11.5. The van der Waals surface area contributed by atoms with Gasteiger partial charge in [0.25, 0.3) is 0 Å². The first kappa shape index (κ1) is 22.0. The van der Waals surface area contributed by atoms with Crippen LogP contribution in [0.25, 0.3) is 0 Å². The molecular formula is C20H33BrN4O2. The van der Waals surface area contributed by atoms with Crippen molar-refractivity contribution in [3.63, 3.8) is 0 Å². The fourth-order valence-electron chi connectivity index (χ4n) is 3.12. The van der Waals surface area contributed by atoms with E-state index in [-0.39, 0.29) is 6.10 Å². The van der Waals surface area contributed by atoms with Gasteiger partial charge in [0.05, 0.1) is 30.8 Å². The topological polar surface area (TPSA) is 58.1 Å². The minimum absolute atomic E-state index is 0.191. The Morgan fingerprint density at radius 3 is 2.89 bits per heavy atom. The van der Waals surface area contributed by atoms with Crippen LogP contribution in [0.4, 0.5) is 0 Å². The summed E-state index contributed by atoms with van der Waals surface area (Å²) < 4.78 is 12.1. The number of benzene rings is 1. The van der Waals surface area contributed by atoms with Gasteiger partial charge in [-0.25, -0.2) is 4.99 Å². The van der Waals surface area contributed by atoms with Crippen molar-refractivity contribution in [1.29, 1.82) is 0 Å². The number of hydrogen-bond donors (Lipinski definition) is 2. The number of nitrogens with one attached hydrogen (secondary N) is 2. The molecule has 1 aliphatic heterocycles. The quantitative estimate of drug-likeness (QED) is 0.480. The fourth-order valence-corrected chi connectivity index (χ4v) is 3.71. The van der Waals surface area contributed by atoms with Crippen LogP contribution in [-0.4, -0.2) is 63.4 Å². The zero-order chi connectivity index (χ0) is 19.6. The predicted octanol–water partition coefficient (Wildman–Crippen LogP) is 2.87. The molecule has 1 aliphatic rings. The Kier molecular flexibility index (Phi) is 9.38. The average Bonchev–Trinajstić information content (AvgIpc) is 2.64. The van der Waals surface area contributed by atoms with Gasteiger partial charge in [-0.2, -0.15) is 0 Å². The van der Waals surface area contributed by atoms with Gasteiger partial charge in [0.1, 0.15) is 5.75 Å². The fraction of sp³-hybridized carbons (Fsp3) is 0.650. The molecule has 1 aromatic rings. The smallest absolute Gasteiger partial charge is 0.191 e. The Balaban J connectivity index is 1.88. The van der Waals surface area contributed by atoms with Crippen LogP contribution in [0, 0.1) is 5.92 Å². The van der Waals surface area contributed by atoms with Crippen molar-refractivity contribution >= 4 is 21.9 Å². The van der Waals surface area contributed by atoms with Crippen molar-refractivity contribution in [1.82, 2.24) is 15.5 Å². The van der Waals surface area contributed by atoms with Gasteiger partial charge >= 0.3 is 0 Å². The Hall–Kier alpha value is -1.31. The van der Waals surface area contributed by atoms with Crippen molar-refractivity contribution in [3.05, 3.63) is 28.2 Å². The molecule has 0 spiro atoms. The van der Waals surface area contributed by atoms with E-state index in [4.69, 9.17) is 14.5 Å². The van der Waals surface area contributed by atoms with Crippen molar-refractivity contribution in [2.24, 2.45) is 10.9 Å². The van der Waals surface area contributed by atoms with Gasteiger partial charge in [-0.05, 0) is 46.5 Å². The molecule has 2 rings (SSSR count). The van der Waals surface area contributed by atoms with Crippen LogP contribution in [-0.2, 0) is 11.3 Å². The molecule has 0 radical (unpaired) electrons. The van der Waals surface area contributed by atoms with Gasteiger partial charge in [0.2, 0.25) is 0 Å². The summed E-state index contributed by atoms with van der Waals surface area (Å²) in [5, 5.41) is 6.73. The molecule has 1 atom stereocenters. The lowest BCUT2D eigenvalue weighted by Crippen LogP contribution is -2.50. The first-order valence-electron chi connectivity index (χ1n) is 9.70. The Bertz CT molecular complexity index is 610. The number of methoxy groups -OCH3 is 1. The number of guanidine groups is 1. The lowest BCUT2D eigenvalue weighted by molar-refractivity contribution is -0.0284. The Labute approximate surface area is 171 Å². The summed E-state index contributed by atoms with van der Waals surface area (Å²) in [5.74, 6) is 2.32. The highest BCUT2D eigenvalue weighted by Crippen LogP contribution is 2.25. The van der Waals surface area contributed by atoms with Crippen LogP contribution in [0.3, 0.4) is 0 Å². The van der Waals surface area contributed by atoms with Gasteiger partial charge in [-0.1, -0.05) is 19.9 Å². The lowest BCUT2D eigenvalue weighted by Gasteiger charge is -2.34. The van der Waals surface area contributed by atoms with Crippen molar-refractivity contribution in [3.8, 4) is 5.75 Å². The molecule has 1 fully saturated rings. The summed E-state index contributed by atoms with van der Waals surface area (Å²) in [6.45, 7) is 12.7. The molecule has 27 heavy (non-hydrogen) atoms. The van der Waals surface area contributed by atoms with Gasteiger partial charge < -0.3 is 20.1 Å². The van der Waals surface area contributed by atoms with Crippen LogP contribution >= 0.6 is 15.9 Å². The number of ether oxygens (including phenoxy) is 2. The molecule has 0 aliphatic carbocycles. The average molecular weight is 441 g/mol. The zero-order valence-electron chi connectivity index (χ0n) is 16.9. The lowest BCUT2D eigenvalue weighted by atomic mass is 10.2. The Morgan fingerprint density at radius 2 is 2.22 bits per heavy atom. The number of morpholine rings is 1. The van der Waals surface area contributed by atoms with E-state index in [2.05, 4.69) is 52.2 Å². The van der Waals surface area contributed by atoms with Crippen LogP contribution in [0.15, 0.2) is 27.7 Å². The molecule has 1 saturated heterocycles. The molecule has 0 amide bonds. The summed E-state index contributed by atoms with van der Waals surface area (Å²) in [7, 11) is 1.67.